The number of nitrogens with zero attached hydrogens (tertiary/aromatic N) is 2. The van der Waals surface area contributed by atoms with E-state index >= 15 is 0 Å². The van der Waals surface area contributed by atoms with Crippen LogP contribution in [-0.2, 0) is 4.79 Å². The first-order valence-corrected chi connectivity index (χ1v) is 6.34. The smallest absolute Gasteiger partial charge is 0.247 e. The highest BCUT2D eigenvalue weighted by Gasteiger charge is 2.34. The first kappa shape index (κ1) is 12.9. The van der Waals surface area contributed by atoms with E-state index < -0.39 is 6.04 Å². The van der Waals surface area contributed by atoms with Gasteiger partial charge in [-0.15, -0.1) is 0 Å². The van der Waals surface area contributed by atoms with Gasteiger partial charge >= 0.3 is 0 Å². The van der Waals surface area contributed by atoms with E-state index in [4.69, 9.17) is 0 Å². The van der Waals surface area contributed by atoms with Crippen LogP contribution in [0.2, 0.25) is 0 Å². The monoisotopic (exact) mass is 248 g/mol. The predicted molar refractivity (Wildman–Crippen MR) is 71.5 cm³/mol. The Morgan fingerprint density at radius 1 is 1.33 bits per heavy atom. The van der Waals surface area contributed by atoms with Crippen molar-refractivity contribution < 1.29 is 9.90 Å². The van der Waals surface area contributed by atoms with Crippen molar-refractivity contribution in [2.24, 2.45) is 0 Å². The fourth-order valence-corrected chi connectivity index (χ4v) is 2.51. The summed E-state index contributed by atoms with van der Waals surface area (Å²) in [6.07, 6.45) is 0.910. The van der Waals surface area contributed by atoms with Crippen LogP contribution in [0.25, 0.3) is 0 Å². The normalized spacial score (nSPS) is 25.2. The molecule has 2 rings (SSSR count). The Bertz CT molecular complexity index is 408. The van der Waals surface area contributed by atoms with Crippen molar-refractivity contribution in [1.29, 1.82) is 0 Å². The summed E-state index contributed by atoms with van der Waals surface area (Å²) >= 11 is 0. The highest BCUT2D eigenvalue weighted by Crippen LogP contribution is 2.24. The molecule has 0 aromatic heterocycles. The van der Waals surface area contributed by atoms with E-state index in [0.29, 0.717) is 0 Å². The maximum Gasteiger partial charge on any atom is 0.247 e. The van der Waals surface area contributed by atoms with Crippen LogP contribution in [0.5, 0.6) is 0 Å². The van der Waals surface area contributed by atoms with Crippen LogP contribution in [0.4, 0.5) is 5.69 Å². The fourth-order valence-electron chi connectivity index (χ4n) is 2.51. The van der Waals surface area contributed by atoms with Gasteiger partial charge in [0.15, 0.2) is 0 Å². The van der Waals surface area contributed by atoms with Gasteiger partial charge in [-0.2, -0.15) is 0 Å². The summed E-state index contributed by atoms with van der Waals surface area (Å²) in [6.45, 7) is 2.68. The molecule has 2 atom stereocenters. The first-order chi connectivity index (χ1) is 8.65. The van der Waals surface area contributed by atoms with Crippen LogP contribution in [0.15, 0.2) is 30.3 Å². The molecule has 1 saturated heterocycles. The van der Waals surface area contributed by atoms with E-state index in [1.54, 1.807) is 11.9 Å². The quantitative estimate of drug-likeness (QED) is 0.852. The minimum Gasteiger partial charge on any atom is -0.394 e. The Balaban J connectivity index is 2.37. The van der Waals surface area contributed by atoms with Gasteiger partial charge in [-0.3, -0.25) is 4.79 Å². The number of hydrogen-bond donors (Lipinski definition) is 1. The van der Waals surface area contributed by atoms with E-state index in [2.05, 4.69) is 6.92 Å². The first-order valence-electron chi connectivity index (χ1n) is 6.34. The number of carbonyl (C=O) groups is 1. The number of para-hydroxylation sites is 1. The maximum absolute atomic E-state index is 12.2. The summed E-state index contributed by atoms with van der Waals surface area (Å²) in [5, 5.41) is 9.56. The van der Waals surface area contributed by atoms with Crippen LogP contribution in [0.1, 0.15) is 13.3 Å². The Labute approximate surface area is 108 Å². The van der Waals surface area contributed by atoms with E-state index in [0.717, 1.165) is 18.7 Å². The topological polar surface area (TPSA) is 43.8 Å². The molecule has 4 nitrogen and oxygen atoms in total. The summed E-state index contributed by atoms with van der Waals surface area (Å²) in [4.78, 5) is 16.0. The molecule has 18 heavy (non-hydrogen) atoms. The molecule has 98 valence electrons. The number of aliphatic hydroxyl groups excluding tert-OH is 1. The lowest BCUT2D eigenvalue weighted by molar-refractivity contribution is -0.131. The second kappa shape index (κ2) is 5.40. The Morgan fingerprint density at radius 3 is 2.61 bits per heavy atom. The number of aliphatic hydroxyl groups is 1. The summed E-state index contributed by atoms with van der Waals surface area (Å²) in [6, 6.07) is 9.59. The molecule has 1 N–H and O–H groups in total. The Kier molecular flexibility index (Phi) is 3.87. The highest BCUT2D eigenvalue weighted by atomic mass is 16.3. The SMILES string of the molecule is CC1CCN(C)C(=O)C(CO)N1c1ccccc1. The van der Waals surface area contributed by atoms with E-state index in [9.17, 15) is 9.90 Å². The molecular formula is C14H20N2O2. The lowest BCUT2D eigenvalue weighted by Gasteiger charge is -2.34. The molecule has 2 unspecified atom stereocenters. The minimum absolute atomic E-state index is 0.00861. The number of rotatable bonds is 2. The van der Waals surface area contributed by atoms with Crippen LogP contribution in [-0.4, -0.2) is 48.2 Å². The van der Waals surface area contributed by atoms with Crippen LogP contribution in [0, 0.1) is 0 Å². The second-order valence-electron chi connectivity index (χ2n) is 4.84. The molecule has 1 heterocycles. The molecule has 1 aliphatic rings. The largest absolute Gasteiger partial charge is 0.394 e. The van der Waals surface area contributed by atoms with Crippen molar-refractivity contribution in [2.45, 2.75) is 25.4 Å². The summed E-state index contributed by atoms with van der Waals surface area (Å²) in [7, 11) is 1.80. The van der Waals surface area contributed by atoms with Gasteiger partial charge in [0.1, 0.15) is 6.04 Å². The fraction of sp³-hybridized carbons (Fsp3) is 0.500. The van der Waals surface area contributed by atoms with Crippen molar-refractivity contribution >= 4 is 11.6 Å². The maximum atomic E-state index is 12.2. The van der Waals surface area contributed by atoms with Crippen molar-refractivity contribution in [1.82, 2.24) is 4.90 Å². The molecule has 1 aromatic carbocycles. The third-order valence-electron chi connectivity index (χ3n) is 3.58. The standard InChI is InChI=1S/C14H20N2O2/c1-11-8-9-15(2)14(18)13(10-17)16(11)12-6-4-3-5-7-12/h3-7,11,13,17H,8-10H2,1-2H3. The number of benzene rings is 1. The van der Waals surface area contributed by atoms with Crippen LogP contribution in [0.3, 0.4) is 0 Å². The zero-order chi connectivity index (χ0) is 13.1. The number of anilines is 1. The Morgan fingerprint density at radius 2 is 2.00 bits per heavy atom. The van der Waals surface area contributed by atoms with E-state index in [1.165, 1.54) is 0 Å². The molecule has 1 fully saturated rings. The van der Waals surface area contributed by atoms with Gasteiger partial charge in [-0.25, -0.2) is 0 Å². The Hall–Kier alpha value is -1.55. The molecular weight excluding hydrogens is 228 g/mol. The van der Waals surface area contributed by atoms with Crippen molar-refractivity contribution in [3.63, 3.8) is 0 Å². The lowest BCUT2D eigenvalue weighted by atomic mass is 10.1. The summed E-state index contributed by atoms with van der Waals surface area (Å²) in [5.74, 6) is -0.00861. The number of hydrogen-bond acceptors (Lipinski definition) is 3. The number of likely N-dealkylation sites (N-methyl/N-ethyl adjacent to an activating group) is 1. The second-order valence-corrected chi connectivity index (χ2v) is 4.84. The van der Waals surface area contributed by atoms with Crippen molar-refractivity contribution in [2.75, 3.05) is 25.1 Å². The van der Waals surface area contributed by atoms with Crippen molar-refractivity contribution in [3.8, 4) is 0 Å². The molecule has 4 heteroatoms. The third-order valence-corrected chi connectivity index (χ3v) is 3.58. The van der Waals surface area contributed by atoms with Gasteiger partial charge in [0.05, 0.1) is 6.61 Å². The molecule has 0 saturated carbocycles. The van der Waals surface area contributed by atoms with Gasteiger partial charge in [0.2, 0.25) is 5.91 Å². The molecule has 1 aliphatic heterocycles. The average Bonchev–Trinajstić information content (AvgIpc) is 2.51. The van der Waals surface area contributed by atoms with Crippen LogP contribution >= 0.6 is 0 Å². The molecule has 0 bridgehead atoms. The van der Waals surface area contributed by atoms with Gasteiger partial charge in [0, 0.05) is 25.3 Å². The van der Waals surface area contributed by atoms with Gasteiger partial charge < -0.3 is 14.9 Å². The zero-order valence-corrected chi connectivity index (χ0v) is 10.9. The molecule has 0 spiro atoms. The minimum atomic E-state index is -0.477. The number of carbonyl (C=O) groups excluding carboxylic acids is 1. The molecule has 0 aliphatic carbocycles. The highest BCUT2D eigenvalue weighted by molar-refractivity contribution is 5.86. The van der Waals surface area contributed by atoms with Crippen LogP contribution < -0.4 is 4.90 Å². The predicted octanol–water partition coefficient (Wildman–Crippen LogP) is 1.10. The van der Waals surface area contributed by atoms with E-state index in [-0.39, 0.29) is 18.6 Å². The van der Waals surface area contributed by atoms with Crippen molar-refractivity contribution in [3.05, 3.63) is 30.3 Å². The molecule has 0 radical (unpaired) electrons. The average molecular weight is 248 g/mol. The zero-order valence-electron chi connectivity index (χ0n) is 10.9. The lowest BCUT2D eigenvalue weighted by Crippen LogP contribution is -2.49. The van der Waals surface area contributed by atoms with Gasteiger partial charge in [-0.1, -0.05) is 18.2 Å². The number of amides is 1. The molecule has 1 amide bonds. The summed E-state index contributed by atoms with van der Waals surface area (Å²) in [5.41, 5.74) is 0.993. The summed E-state index contributed by atoms with van der Waals surface area (Å²) < 4.78 is 0. The van der Waals surface area contributed by atoms with Gasteiger partial charge in [0.25, 0.3) is 0 Å². The molecule has 1 aromatic rings. The van der Waals surface area contributed by atoms with E-state index in [1.807, 2.05) is 35.2 Å². The third kappa shape index (κ3) is 2.34. The van der Waals surface area contributed by atoms with Gasteiger partial charge in [-0.05, 0) is 25.5 Å².